The van der Waals surface area contributed by atoms with Crippen LogP contribution in [0.3, 0.4) is 0 Å². The van der Waals surface area contributed by atoms with Gasteiger partial charge >= 0.3 is 0 Å². The molecule has 7 heteroatoms. The van der Waals surface area contributed by atoms with Crippen molar-refractivity contribution < 1.29 is 19.1 Å². The first kappa shape index (κ1) is 17.7. The fourth-order valence-electron chi connectivity index (χ4n) is 2.84. The number of carbonyl (C=O) groups is 2. The zero-order valence-corrected chi connectivity index (χ0v) is 13.4. The quantitative estimate of drug-likeness (QED) is 0.764. The van der Waals surface area contributed by atoms with E-state index in [2.05, 4.69) is 10.6 Å². The van der Waals surface area contributed by atoms with Crippen molar-refractivity contribution in [3.8, 4) is 0 Å². The summed E-state index contributed by atoms with van der Waals surface area (Å²) in [6.45, 7) is -0.236. The van der Waals surface area contributed by atoms with Crippen molar-refractivity contribution in [2.75, 3.05) is 13.2 Å². The zero-order valence-electron chi connectivity index (χ0n) is 12.6. The second-order valence-corrected chi connectivity index (χ2v) is 6.09. The third kappa shape index (κ3) is 4.65. The van der Waals surface area contributed by atoms with Crippen LogP contribution in [-0.2, 0) is 4.79 Å². The summed E-state index contributed by atoms with van der Waals surface area (Å²) < 4.78 is 13.6. The second-order valence-electron chi connectivity index (χ2n) is 5.68. The van der Waals surface area contributed by atoms with Gasteiger partial charge in [-0.05, 0) is 25.0 Å². The summed E-state index contributed by atoms with van der Waals surface area (Å²) in [6, 6.07) is 3.86. The van der Waals surface area contributed by atoms with Crippen molar-refractivity contribution in [3.05, 3.63) is 34.6 Å². The third-order valence-electron chi connectivity index (χ3n) is 4.09. The highest BCUT2D eigenvalue weighted by Crippen LogP contribution is 2.23. The maximum absolute atomic E-state index is 13.6. The smallest absolute Gasteiger partial charge is 0.256 e. The fourth-order valence-corrected chi connectivity index (χ4v) is 3.09. The van der Waals surface area contributed by atoms with Gasteiger partial charge in [-0.2, -0.15) is 0 Å². The number of rotatable bonds is 5. The van der Waals surface area contributed by atoms with Gasteiger partial charge in [-0.3, -0.25) is 9.59 Å². The molecule has 0 unspecified atom stereocenters. The maximum Gasteiger partial charge on any atom is 0.256 e. The van der Waals surface area contributed by atoms with Crippen LogP contribution in [0, 0.1) is 11.7 Å². The summed E-state index contributed by atoms with van der Waals surface area (Å²) in [5.41, 5.74) is -0.270. The van der Waals surface area contributed by atoms with Crippen LogP contribution in [0.5, 0.6) is 0 Å². The lowest BCUT2D eigenvalue weighted by Gasteiger charge is -2.30. The average Bonchev–Trinajstić information content (AvgIpc) is 2.53. The fraction of sp³-hybridized carbons (Fsp3) is 0.500. The van der Waals surface area contributed by atoms with E-state index in [1.54, 1.807) is 0 Å². The molecule has 5 nitrogen and oxygen atoms in total. The molecule has 3 N–H and O–H groups in total. The van der Waals surface area contributed by atoms with Crippen LogP contribution < -0.4 is 10.6 Å². The van der Waals surface area contributed by atoms with Gasteiger partial charge in [0.25, 0.3) is 5.91 Å². The Hall–Kier alpha value is -1.66. The van der Waals surface area contributed by atoms with E-state index in [0.717, 1.165) is 31.7 Å². The lowest BCUT2D eigenvalue weighted by molar-refractivity contribution is -0.121. The molecule has 1 saturated carbocycles. The van der Waals surface area contributed by atoms with Crippen LogP contribution in [-0.4, -0.2) is 36.1 Å². The summed E-state index contributed by atoms with van der Waals surface area (Å²) in [4.78, 5) is 23.9. The van der Waals surface area contributed by atoms with E-state index < -0.39 is 11.7 Å². The van der Waals surface area contributed by atoms with Crippen LogP contribution in [0.15, 0.2) is 18.2 Å². The standard InChI is InChI=1S/C16H20ClFN2O3/c17-11-5-3-6-12(18)15(11)16(23)19-8-14(22)20-13-7-2-1-4-10(13)9-21/h3,5-6,10,13,21H,1-2,4,7-9H2,(H,19,23)(H,20,22)/t10-,13-/m1/s1. The molecule has 126 valence electrons. The Morgan fingerprint density at radius 1 is 1.30 bits per heavy atom. The van der Waals surface area contributed by atoms with Crippen molar-refractivity contribution in [1.29, 1.82) is 0 Å². The number of benzene rings is 1. The molecule has 1 aromatic rings. The van der Waals surface area contributed by atoms with E-state index in [1.807, 2.05) is 0 Å². The average molecular weight is 343 g/mol. The minimum atomic E-state index is -0.733. The lowest BCUT2D eigenvalue weighted by Crippen LogP contribution is -2.47. The minimum Gasteiger partial charge on any atom is -0.396 e. The summed E-state index contributed by atoms with van der Waals surface area (Å²) >= 11 is 5.80. The number of hydrogen-bond acceptors (Lipinski definition) is 3. The number of aliphatic hydroxyl groups is 1. The van der Waals surface area contributed by atoms with Crippen molar-refractivity contribution in [2.45, 2.75) is 31.7 Å². The Labute approximate surface area is 139 Å². The Bertz CT molecular complexity index is 562. The number of nitrogens with one attached hydrogen (secondary N) is 2. The summed E-state index contributed by atoms with van der Waals surface area (Å²) in [5, 5.41) is 14.5. The van der Waals surface area contributed by atoms with Gasteiger partial charge in [-0.1, -0.05) is 30.5 Å². The highest BCUT2D eigenvalue weighted by Gasteiger charge is 2.26. The van der Waals surface area contributed by atoms with Gasteiger partial charge in [0.1, 0.15) is 5.82 Å². The lowest BCUT2D eigenvalue weighted by atomic mass is 9.85. The van der Waals surface area contributed by atoms with Gasteiger partial charge in [-0.15, -0.1) is 0 Å². The molecule has 2 amide bonds. The van der Waals surface area contributed by atoms with Crippen LogP contribution >= 0.6 is 11.6 Å². The van der Waals surface area contributed by atoms with E-state index in [1.165, 1.54) is 12.1 Å². The molecule has 1 aliphatic carbocycles. The number of hydrogen-bond donors (Lipinski definition) is 3. The Morgan fingerprint density at radius 2 is 2.04 bits per heavy atom. The summed E-state index contributed by atoms with van der Waals surface area (Å²) in [5.74, 6) is -1.78. The largest absolute Gasteiger partial charge is 0.396 e. The Kier molecular flexibility index (Phi) is 6.36. The molecular formula is C16H20ClFN2O3. The number of halogens is 2. The van der Waals surface area contributed by atoms with Gasteiger partial charge in [-0.25, -0.2) is 4.39 Å². The topological polar surface area (TPSA) is 78.4 Å². The van der Waals surface area contributed by atoms with Crippen molar-refractivity contribution in [2.24, 2.45) is 5.92 Å². The van der Waals surface area contributed by atoms with Crippen molar-refractivity contribution in [3.63, 3.8) is 0 Å². The van der Waals surface area contributed by atoms with Gasteiger partial charge in [0.2, 0.25) is 5.91 Å². The third-order valence-corrected chi connectivity index (χ3v) is 4.40. The van der Waals surface area contributed by atoms with Crippen LogP contribution in [0.2, 0.25) is 5.02 Å². The monoisotopic (exact) mass is 342 g/mol. The molecular weight excluding hydrogens is 323 g/mol. The summed E-state index contributed by atoms with van der Waals surface area (Å²) in [7, 11) is 0. The molecule has 0 aromatic heterocycles. The predicted molar refractivity (Wildman–Crippen MR) is 84.7 cm³/mol. The molecule has 0 aliphatic heterocycles. The Balaban J connectivity index is 1.87. The molecule has 0 radical (unpaired) electrons. The molecule has 1 aliphatic rings. The van der Waals surface area contributed by atoms with Gasteiger partial charge < -0.3 is 15.7 Å². The highest BCUT2D eigenvalue weighted by atomic mass is 35.5. The van der Waals surface area contributed by atoms with Crippen molar-refractivity contribution >= 4 is 23.4 Å². The van der Waals surface area contributed by atoms with Gasteiger partial charge in [0, 0.05) is 18.6 Å². The van der Waals surface area contributed by atoms with Crippen LogP contribution in [0.1, 0.15) is 36.0 Å². The molecule has 1 fully saturated rings. The van der Waals surface area contributed by atoms with Crippen molar-refractivity contribution in [1.82, 2.24) is 10.6 Å². The molecule has 0 spiro atoms. The first-order valence-electron chi connectivity index (χ1n) is 7.65. The molecule has 1 aromatic carbocycles. The van der Waals surface area contributed by atoms with E-state index in [0.29, 0.717) is 0 Å². The molecule has 0 bridgehead atoms. The SMILES string of the molecule is O=C(CNC(=O)c1c(F)cccc1Cl)N[C@@H]1CCCC[C@@H]1CO. The molecule has 23 heavy (non-hydrogen) atoms. The number of carbonyl (C=O) groups excluding carboxylic acids is 2. The molecule has 2 atom stereocenters. The minimum absolute atomic E-state index is 0.00414. The van der Waals surface area contributed by atoms with Crippen LogP contribution in [0.4, 0.5) is 4.39 Å². The van der Waals surface area contributed by atoms with Crippen LogP contribution in [0.25, 0.3) is 0 Å². The molecule has 2 rings (SSSR count). The highest BCUT2D eigenvalue weighted by molar-refractivity contribution is 6.33. The van der Waals surface area contributed by atoms with E-state index >= 15 is 0 Å². The first-order valence-corrected chi connectivity index (χ1v) is 8.03. The summed E-state index contributed by atoms with van der Waals surface area (Å²) in [6.07, 6.45) is 3.72. The predicted octanol–water partition coefficient (Wildman–Crippen LogP) is 1.88. The van der Waals surface area contributed by atoms with Gasteiger partial charge in [0.15, 0.2) is 0 Å². The van der Waals surface area contributed by atoms with Gasteiger partial charge in [0.05, 0.1) is 17.1 Å². The normalized spacial score (nSPS) is 20.8. The second kappa shape index (κ2) is 8.26. The Morgan fingerprint density at radius 3 is 2.74 bits per heavy atom. The van der Waals surface area contributed by atoms with E-state index in [-0.39, 0.29) is 41.6 Å². The number of aliphatic hydroxyl groups excluding tert-OH is 1. The first-order chi connectivity index (χ1) is 11.0. The molecule has 0 saturated heterocycles. The zero-order chi connectivity index (χ0) is 16.8. The number of amides is 2. The van der Waals surface area contributed by atoms with E-state index in [9.17, 15) is 19.1 Å². The maximum atomic E-state index is 13.6. The van der Waals surface area contributed by atoms with E-state index in [4.69, 9.17) is 11.6 Å². The molecule has 0 heterocycles.